The smallest absolute Gasteiger partial charge is 0.0427 e. The van der Waals surface area contributed by atoms with Crippen molar-refractivity contribution in [2.45, 2.75) is 40.2 Å². The summed E-state index contributed by atoms with van der Waals surface area (Å²) >= 11 is 2.03. The summed E-state index contributed by atoms with van der Waals surface area (Å²) < 4.78 is 0. The molecule has 2 nitrogen and oxygen atoms in total. The first-order valence-electron chi connectivity index (χ1n) is 6.87. The van der Waals surface area contributed by atoms with Crippen molar-refractivity contribution >= 4 is 11.8 Å². The van der Waals surface area contributed by atoms with Crippen molar-refractivity contribution in [3.05, 3.63) is 29.6 Å². The molecule has 1 unspecified atom stereocenters. The van der Waals surface area contributed by atoms with Crippen molar-refractivity contribution in [2.24, 2.45) is 5.92 Å². The molecule has 1 N–H and O–H groups in total. The Morgan fingerprint density at radius 2 is 2.06 bits per heavy atom. The second-order valence-corrected chi connectivity index (χ2v) is 6.25. The summed E-state index contributed by atoms with van der Waals surface area (Å²) in [6.07, 6.45) is 3.18. The third-order valence-electron chi connectivity index (χ3n) is 2.71. The second-order valence-electron chi connectivity index (χ2n) is 5.17. The molecule has 1 aromatic heterocycles. The molecule has 0 aliphatic carbocycles. The fourth-order valence-corrected chi connectivity index (χ4v) is 2.85. The Labute approximate surface area is 116 Å². The van der Waals surface area contributed by atoms with Crippen LogP contribution >= 0.6 is 11.8 Å². The van der Waals surface area contributed by atoms with Gasteiger partial charge in [0.15, 0.2) is 0 Å². The molecule has 0 spiro atoms. The zero-order valence-corrected chi connectivity index (χ0v) is 12.9. The Hall–Kier alpha value is -0.540. The van der Waals surface area contributed by atoms with Crippen LogP contribution in [0.25, 0.3) is 0 Å². The minimum Gasteiger partial charge on any atom is -0.309 e. The highest BCUT2D eigenvalue weighted by atomic mass is 32.2. The first-order valence-corrected chi connectivity index (χ1v) is 8.02. The van der Waals surface area contributed by atoms with Crippen molar-refractivity contribution in [3.8, 4) is 0 Å². The van der Waals surface area contributed by atoms with Crippen LogP contribution in [-0.2, 0) is 0 Å². The van der Waals surface area contributed by atoms with E-state index in [1.54, 1.807) is 0 Å². The van der Waals surface area contributed by atoms with Crippen LogP contribution in [0.2, 0.25) is 0 Å². The van der Waals surface area contributed by atoms with Crippen LogP contribution in [0.1, 0.15) is 44.5 Å². The fraction of sp³-hybridized carbons (Fsp3) is 0.667. The molecule has 1 atom stereocenters. The van der Waals surface area contributed by atoms with E-state index >= 15 is 0 Å². The van der Waals surface area contributed by atoms with Crippen molar-refractivity contribution in [2.75, 3.05) is 18.1 Å². The molecular formula is C15H26N2S. The van der Waals surface area contributed by atoms with Gasteiger partial charge in [0.05, 0.1) is 0 Å². The molecule has 1 heterocycles. The van der Waals surface area contributed by atoms with Crippen LogP contribution in [0, 0.1) is 12.8 Å². The van der Waals surface area contributed by atoms with Gasteiger partial charge in [0.1, 0.15) is 0 Å². The first-order chi connectivity index (χ1) is 8.63. The fourth-order valence-electron chi connectivity index (χ4n) is 1.70. The highest BCUT2D eigenvalue weighted by Crippen LogP contribution is 2.19. The zero-order valence-electron chi connectivity index (χ0n) is 12.1. The molecule has 0 aliphatic heterocycles. The number of rotatable bonds is 8. The topological polar surface area (TPSA) is 24.9 Å². The number of hydrogen-bond donors (Lipinski definition) is 1. The highest BCUT2D eigenvalue weighted by molar-refractivity contribution is 7.99. The van der Waals surface area contributed by atoms with E-state index in [2.05, 4.69) is 43.2 Å². The molecule has 3 heteroatoms. The summed E-state index contributed by atoms with van der Waals surface area (Å²) in [5.74, 6) is 3.12. The number of nitrogens with zero attached hydrogens (tertiary/aromatic N) is 1. The van der Waals surface area contributed by atoms with Gasteiger partial charge >= 0.3 is 0 Å². The number of thioether (sulfide) groups is 1. The van der Waals surface area contributed by atoms with E-state index < -0.39 is 0 Å². The van der Waals surface area contributed by atoms with Gasteiger partial charge in [-0.2, -0.15) is 11.8 Å². The Bertz CT molecular complexity index is 322. The standard InChI is InChI=1S/C15H26N2S/c1-5-8-16-15(11-18-10-12(2)3)14-7-6-13(4)17-9-14/h6-7,9,12,15-16H,5,8,10-11H2,1-4H3. The predicted octanol–water partition coefficient (Wildman–Crippen LogP) is 3.82. The van der Waals surface area contributed by atoms with E-state index in [-0.39, 0.29) is 0 Å². The molecule has 0 bridgehead atoms. The monoisotopic (exact) mass is 266 g/mol. The maximum Gasteiger partial charge on any atom is 0.0427 e. The minimum absolute atomic E-state index is 0.432. The van der Waals surface area contributed by atoms with E-state index in [0.717, 1.165) is 23.9 Å². The molecule has 1 rings (SSSR count). The van der Waals surface area contributed by atoms with E-state index in [4.69, 9.17) is 0 Å². The molecule has 1 aromatic rings. The zero-order chi connectivity index (χ0) is 13.4. The molecule has 0 aromatic carbocycles. The maximum atomic E-state index is 4.40. The van der Waals surface area contributed by atoms with Crippen LogP contribution in [0.15, 0.2) is 18.3 Å². The average Bonchev–Trinajstić information content (AvgIpc) is 2.34. The Kier molecular flexibility index (Phi) is 7.36. The summed E-state index contributed by atoms with van der Waals surface area (Å²) in [5, 5.41) is 3.62. The van der Waals surface area contributed by atoms with Gasteiger partial charge in [-0.15, -0.1) is 0 Å². The molecule has 0 radical (unpaired) electrons. The van der Waals surface area contributed by atoms with Crippen LogP contribution in [0.5, 0.6) is 0 Å². The van der Waals surface area contributed by atoms with E-state index in [1.807, 2.05) is 24.9 Å². The maximum absolute atomic E-state index is 4.40. The van der Waals surface area contributed by atoms with Crippen molar-refractivity contribution in [1.29, 1.82) is 0 Å². The van der Waals surface area contributed by atoms with Gasteiger partial charge in [0.2, 0.25) is 0 Å². The van der Waals surface area contributed by atoms with Crippen molar-refractivity contribution < 1.29 is 0 Å². The molecule has 18 heavy (non-hydrogen) atoms. The molecule has 0 aliphatic rings. The third-order valence-corrected chi connectivity index (χ3v) is 4.18. The average molecular weight is 266 g/mol. The Balaban J connectivity index is 2.56. The molecule has 0 amide bonds. The summed E-state index contributed by atoms with van der Waals surface area (Å²) in [6.45, 7) is 9.86. The molecule has 0 fully saturated rings. The number of pyridine rings is 1. The lowest BCUT2D eigenvalue weighted by atomic mass is 10.1. The van der Waals surface area contributed by atoms with Crippen LogP contribution in [0.3, 0.4) is 0 Å². The van der Waals surface area contributed by atoms with Crippen LogP contribution in [-0.4, -0.2) is 23.0 Å². The number of aromatic nitrogens is 1. The molecule has 0 saturated heterocycles. The highest BCUT2D eigenvalue weighted by Gasteiger charge is 2.11. The number of hydrogen-bond acceptors (Lipinski definition) is 3. The normalized spacial score (nSPS) is 12.9. The van der Waals surface area contributed by atoms with Gasteiger partial charge in [-0.3, -0.25) is 4.98 Å². The molecular weight excluding hydrogens is 240 g/mol. The lowest BCUT2D eigenvalue weighted by Gasteiger charge is -2.19. The van der Waals surface area contributed by atoms with E-state index in [0.29, 0.717) is 6.04 Å². The van der Waals surface area contributed by atoms with Gasteiger partial charge in [0.25, 0.3) is 0 Å². The van der Waals surface area contributed by atoms with E-state index in [9.17, 15) is 0 Å². The van der Waals surface area contributed by atoms with Gasteiger partial charge < -0.3 is 5.32 Å². The number of nitrogens with one attached hydrogen (secondary N) is 1. The lowest BCUT2D eigenvalue weighted by Crippen LogP contribution is -2.24. The minimum atomic E-state index is 0.432. The second kappa shape index (κ2) is 8.54. The van der Waals surface area contributed by atoms with E-state index in [1.165, 1.54) is 17.7 Å². The largest absolute Gasteiger partial charge is 0.309 e. The molecule has 102 valence electrons. The van der Waals surface area contributed by atoms with Gasteiger partial charge in [-0.05, 0) is 43.2 Å². The summed E-state index contributed by atoms with van der Waals surface area (Å²) in [5.41, 5.74) is 2.40. The van der Waals surface area contributed by atoms with Crippen molar-refractivity contribution in [1.82, 2.24) is 10.3 Å². The number of aryl methyl sites for hydroxylation is 1. The first kappa shape index (κ1) is 15.5. The summed E-state index contributed by atoms with van der Waals surface area (Å²) in [7, 11) is 0. The Morgan fingerprint density at radius 1 is 1.28 bits per heavy atom. The lowest BCUT2D eigenvalue weighted by molar-refractivity contribution is 0.575. The van der Waals surface area contributed by atoms with Gasteiger partial charge in [-0.25, -0.2) is 0 Å². The summed E-state index contributed by atoms with van der Waals surface area (Å²) in [4.78, 5) is 4.40. The van der Waals surface area contributed by atoms with Crippen LogP contribution in [0.4, 0.5) is 0 Å². The predicted molar refractivity (Wildman–Crippen MR) is 82.2 cm³/mol. The SMILES string of the molecule is CCCNC(CSCC(C)C)c1ccc(C)nc1. The van der Waals surface area contributed by atoms with Crippen LogP contribution < -0.4 is 5.32 Å². The quantitative estimate of drug-likeness (QED) is 0.774. The Morgan fingerprint density at radius 3 is 2.61 bits per heavy atom. The van der Waals surface area contributed by atoms with Gasteiger partial charge in [0, 0.05) is 23.7 Å². The van der Waals surface area contributed by atoms with Gasteiger partial charge in [-0.1, -0.05) is 26.8 Å². The van der Waals surface area contributed by atoms with Crippen molar-refractivity contribution in [3.63, 3.8) is 0 Å². The summed E-state index contributed by atoms with van der Waals surface area (Å²) in [6, 6.07) is 4.73. The third kappa shape index (κ3) is 5.87. The molecule has 0 saturated carbocycles.